The van der Waals surface area contributed by atoms with E-state index in [0.717, 1.165) is 31.5 Å². The lowest BCUT2D eigenvalue weighted by atomic mass is 10.1. The van der Waals surface area contributed by atoms with Gasteiger partial charge in [0.15, 0.2) is 0 Å². The lowest BCUT2D eigenvalue weighted by Gasteiger charge is -2.19. The second kappa shape index (κ2) is 7.15. The molecule has 0 saturated heterocycles. The Morgan fingerprint density at radius 3 is 2.48 bits per heavy atom. The molecule has 0 spiro atoms. The van der Waals surface area contributed by atoms with Gasteiger partial charge in [0.25, 0.3) is 0 Å². The predicted molar refractivity (Wildman–Crippen MR) is 93.4 cm³/mol. The highest BCUT2D eigenvalue weighted by Crippen LogP contribution is 2.32. The molecule has 3 aromatic rings. The first-order valence-corrected chi connectivity index (χ1v) is 8.77. The summed E-state index contributed by atoms with van der Waals surface area (Å²) in [5, 5.41) is 3.87. The summed E-state index contributed by atoms with van der Waals surface area (Å²) in [5.74, 6) is 0.580. The smallest absolute Gasteiger partial charge is 0.338 e. The van der Waals surface area contributed by atoms with Gasteiger partial charge in [-0.15, -0.1) is 0 Å². The van der Waals surface area contributed by atoms with E-state index in [9.17, 15) is 13.2 Å². The summed E-state index contributed by atoms with van der Waals surface area (Å²) in [6.07, 6.45) is -2.15. The maximum atomic E-state index is 12.9. The number of rotatable bonds is 6. The first kappa shape index (κ1) is 17.7. The molecule has 1 aliphatic rings. The summed E-state index contributed by atoms with van der Waals surface area (Å²) in [6, 6.07) is 15.5. The molecule has 1 fully saturated rings. The zero-order valence-corrected chi connectivity index (χ0v) is 14.5. The minimum Gasteiger partial charge on any atom is -0.338 e. The van der Waals surface area contributed by atoms with Crippen molar-refractivity contribution in [3.05, 3.63) is 71.6 Å². The molecule has 0 bridgehead atoms. The van der Waals surface area contributed by atoms with E-state index in [1.165, 1.54) is 11.6 Å². The van der Waals surface area contributed by atoms with E-state index >= 15 is 0 Å². The Balaban J connectivity index is 1.50. The third-order valence-corrected chi connectivity index (χ3v) is 4.55. The van der Waals surface area contributed by atoms with Gasteiger partial charge in [0, 0.05) is 18.2 Å². The van der Waals surface area contributed by atoms with Crippen LogP contribution in [0.4, 0.5) is 13.2 Å². The van der Waals surface area contributed by atoms with Gasteiger partial charge < -0.3 is 4.52 Å². The Morgan fingerprint density at radius 1 is 1.00 bits per heavy atom. The summed E-state index contributed by atoms with van der Waals surface area (Å²) >= 11 is 0. The minimum absolute atomic E-state index is 0.173. The lowest BCUT2D eigenvalue weighted by Crippen LogP contribution is -2.25. The van der Waals surface area contributed by atoms with Gasteiger partial charge in [0.05, 0.1) is 12.1 Å². The van der Waals surface area contributed by atoms with E-state index < -0.39 is 11.7 Å². The maximum absolute atomic E-state index is 12.9. The van der Waals surface area contributed by atoms with Gasteiger partial charge in [0.2, 0.25) is 11.7 Å². The van der Waals surface area contributed by atoms with Crippen molar-refractivity contribution in [3.8, 4) is 11.4 Å². The maximum Gasteiger partial charge on any atom is 0.416 e. The van der Waals surface area contributed by atoms with Crippen LogP contribution in [0.15, 0.2) is 59.1 Å². The largest absolute Gasteiger partial charge is 0.416 e. The normalized spacial score (nSPS) is 14.7. The van der Waals surface area contributed by atoms with Crippen molar-refractivity contribution < 1.29 is 17.7 Å². The van der Waals surface area contributed by atoms with E-state index in [4.69, 9.17) is 4.52 Å². The number of alkyl halides is 3. The zero-order chi connectivity index (χ0) is 18.9. The predicted octanol–water partition coefficient (Wildman–Crippen LogP) is 4.92. The highest BCUT2D eigenvalue weighted by Gasteiger charge is 2.32. The van der Waals surface area contributed by atoms with Gasteiger partial charge in [-0.05, 0) is 30.5 Å². The van der Waals surface area contributed by atoms with Crippen LogP contribution in [0.1, 0.15) is 29.9 Å². The number of halogens is 3. The van der Waals surface area contributed by atoms with Crippen molar-refractivity contribution in [2.45, 2.75) is 38.1 Å². The molecule has 0 atom stereocenters. The second-order valence-corrected chi connectivity index (χ2v) is 6.71. The van der Waals surface area contributed by atoms with Gasteiger partial charge in [0.1, 0.15) is 0 Å². The molecule has 4 rings (SSSR count). The Morgan fingerprint density at radius 2 is 1.78 bits per heavy atom. The second-order valence-electron chi connectivity index (χ2n) is 6.71. The minimum atomic E-state index is -4.40. The summed E-state index contributed by atoms with van der Waals surface area (Å²) in [6.45, 7) is 1.25. The number of benzene rings is 2. The van der Waals surface area contributed by atoms with E-state index in [1.807, 2.05) is 18.2 Å². The monoisotopic (exact) mass is 373 g/mol. The van der Waals surface area contributed by atoms with E-state index in [1.54, 1.807) is 6.07 Å². The van der Waals surface area contributed by atoms with Crippen LogP contribution in [0.3, 0.4) is 0 Å². The Hall–Kier alpha value is -2.67. The standard InChI is InChI=1S/C20H18F3N3O/c21-20(22,23)16-8-4-7-15(11-16)19-24-18(27-25-19)13-26(17-9-10-17)12-14-5-2-1-3-6-14/h1-8,11,17H,9-10,12-13H2. The van der Waals surface area contributed by atoms with Crippen molar-refractivity contribution in [1.82, 2.24) is 15.0 Å². The molecule has 7 heteroatoms. The van der Waals surface area contributed by atoms with Crippen LogP contribution in [-0.2, 0) is 19.3 Å². The molecule has 140 valence electrons. The summed E-state index contributed by atoms with van der Waals surface area (Å²) in [4.78, 5) is 6.57. The quantitative estimate of drug-likeness (QED) is 0.615. The molecular formula is C20H18F3N3O. The Kier molecular flexibility index (Phi) is 4.70. The summed E-state index contributed by atoms with van der Waals surface area (Å²) in [5.41, 5.74) is 0.762. The molecule has 0 aliphatic heterocycles. The molecule has 27 heavy (non-hydrogen) atoms. The summed E-state index contributed by atoms with van der Waals surface area (Å²) in [7, 11) is 0. The third kappa shape index (κ3) is 4.36. The lowest BCUT2D eigenvalue weighted by molar-refractivity contribution is -0.137. The molecule has 1 heterocycles. The molecule has 0 N–H and O–H groups in total. The molecule has 1 saturated carbocycles. The molecule has 0 amide bonds. The van der Waals surface area contributed by atoms with Crippen LogP contribution in [0, 0.1) is 0 Å². The van der Waals surface area contributed by atoms with Crippen LogP contribution < -0.4 is 0 Å². The first-order chi connectivity index (χ1) is 13.0. The van der Waals surface area contributed by atoms with Crippen molar-refractivity contribution >= 4 is 0 Å². The molecule has 0 radical (unpaired) electrons. The van der Waals surface area contributed by atoms with Gasteiger partial charge in [-0.1, -0.05) is 47.6 Å². The molecular weight excluding hydrogens is 355 g/mol. The van der Waals surface area contributed by atoms with Crippen molar-refractivity contribution in [2.75, 3.05) is 0 Å². The van der Waals surface area contributed by atoms with Gasteiger partial charge in [-0.2, -0.15) is 18.2 Å². The van der Waals surface area contributed by atoms with Crippen molar-refractivity contribution in [3.63, 3.8) is 0 Å². The van der Waals surface area contributed by atoms with E-state index in [-0.39, 0.29) is 5.82 Å². The fourth-order valence-electron chi connectivity index (χ4n) is 3.02. The fourth-order valence-corrected chi connectivity index (χ4v) is 3.02. The fraction of sp³-hybridized carbons (Fsp3) is 0.300. The number of hydrogen-bond donors (Lipinski definition) is 0. The van der Waals surface area contributed by atoms with Crippen molar-refractivity contribution in [2.24, 2.45) is 0 Å². The molecule has 0 unspecified atom stereocenters. The van der Waals surface area contributed by atoms with Crippen LogP contribution in [0.5, 0.6) is 0 Å². The van der Waals surface area contributed by atoms with Crippen LogP contribution in [0.2, 0.25) is 0 Å². The van der Waals surface area contributed by atoms with Gasteiger partial charge >= 0.3 is 6.18 Å². The van der Waals surface area contributed by atoms with Crippen LogP contribution in [0.25, 0.3) is 11.4 Å². The number of aromatic nitrogens is 2. The average molecular weight is 373 g/mol. The SMILES string of the molecule is FC(F)(F)c1cccc(-c2noc(CN(Cc3ccccc3)C3CC3)n2)c1. The first-order valence-electron chi connectivity index (χ1n) is 8.77. The average Bonchev–Trinajstić information content (AvgIpc) is 3.40. The van der Waals surface area contributed by atoms with Crippen molar-refractivity contribution in [1.29, 1.82) is 0 Å². The Bertz CT molecular complexity index is 904. The van der Waals surface area contributed by atoms with E-state index in [0.29, 0.717) is 24.0 Å². The molecule has 1 aromatic heterocycles. The van der Waals surface area contributed by atoms with Crippen LogP contribution >= 0.6 is 0 Å². The summed E-state index contributed by atoms with van der Waals surface area (Å²) < 4.78 is 44.0. The number of hydrogen-bond acceptors (Lipinski definition) is 4. The highest BCUT2D eigenvalue weighted by molar-refractivity contribution is 5.55. The van der Waals surface area contributed by atoms with Gasteiger partial charge in [-0.3, -0.25) is 4.90 Å². The molecule has 1 aliphatic carbocycles. The topological polar surface area (TPSA) is 42.2 Å². The molecule has 2 aromatic carbocycles. The number of nitrogens with zero attached hydrogens (tertiary/aromatic N) is 3. The Labute approximate surface area is 154 Å². The van der Waals surface area contributed by atoms with E-state index in [2.05, 4.69) is 27.2 Å². The molecule has 4 nitrogen and oxygen atoms in total. The van der Waals surface area contributed by atoms with Gasteiger partial charge in [-0.25, -0.2) is 0 Å². The zero-order valence-electron chi connectivity index (χ0n) is 14.5. The van der Waals surface area contributed by atoms with Crippen LogP contribution in [-0.4, -0.2) is 21.1 Å². The highest BCUT2D eigenvalue weighted by atomic mass is 19.4. The third-order valence-electron chi connectivity index (χ3n) is 4.55.